The lowest BCUT2D eigenvalue weighted by Crippen LogP contribution is -2.50. The molecule has 1 atom stereocenters. The predicted molar refractivity (Wildman–Crippen MR) is 137 cm³/mol. The lowest BCUT2D eigenvalue weighted by atomic mass is 10.0. The second-order valence-electron chi connectivity index (χ2n) is 8.92. The summed E-state index contributed by atoms with van der Waals surface area (Å²) >= 11 is 12.6. The molecule has 186 valence electrons. The minimum Gasteiger partial charge on any atom is -0.347 e. The largest absolute Gasteiger partial charge is 0.347 e. The van der Waals surface area contributed by atoms with Crippen molar-refractivity contribution in [2.45, 2.75) is 25.9 Å². The van der Waals surface area contributed by atoms with Crippen molar-refractivity contribution in [3.05, 3.63) is 87.7 Å². The third-order valence-corrected chi connectivity index (χ3v) is 6.86. The molecule has 0 aliphatic carbocycles. The van der Waals surface area contributed by atoms with E-state index in [2.05, 4.69) is 19.8 Å². The fourth-order valence-electron chi connectivity index (χ4n) is 4.58. The smallest absolute Gasteiger partial charge is 0.219 e. The van der Waals surface area contributed by atoms with Crippen molar-refractivity contribution in [2.75, 3.05) is 39.3 Å². The molecule has 1 fully saturated rings. The molecule has 1 aliphatic heterocycles. The molecule has 1 aliphatic rings. The van der Waals surface area contributed by atoms with Gasteiger partial charge in [-0.2, -0.15) is 0 Å². The van der Waals surface area contributed by atoms with Crippen LogP contribution in [0.5, 0.6) is 0 Å². The number of piperazine rings is 1. The molecule has 6 nitrogen and oxygen atoms in total. The van der Waals surface area contributed by atoms with Crippen LogP contribution in [0.2, 0.25) is 10.0 Å². The van der Waals surface area contributed by atoms with Crippen LogP contribution in [0.15, 0.2) is 54.9 Å². The van der Waals surface area contributed by atoms with Crippen molar-refractivity contribution < 1.29 is 9.18 Å². The summed E-state index contributed by atoms with van der Waals surface area (Å²) in [6, 6.07) is 12.2. The van der Waals surface area contributed by atoms with Crippen molar-refractivity contribution in [3.8, 4) is 0 Å². The van der Waals surface area contributed by atoms with Gasteiger partial charge in [0.1, 0.15) is 11.6 Å². The van der Waals surface area contributed by atoms with Gasteiger partial charge in [0, 0.05) is 75.2 Å². The molecule has 3 aromatic rings. The molecule has 2 heterocycles. The second-order valence-corrected chi connectivity index (χ2v) is 9.79. The zero-order valence-corrected chi connectivity index (χ0v) is 21.3. The molecular formula is C26H30Cl2FN5O. The number of carbonyl (C=O) groups excluding carboxylic acids is 1. The first-order chi connectivity index (χ1) is 16.9. The molecule has 35 heavy (non-hydrogen) atoms. The van der Waals surface area contributed by atoms with E-state index in [-0.39, 0.29) is 17.8 Å². The van der Waals surface area contributed by atoms with E-state index in [0.717, 1.165) is 56.2 Å². The predicted octanol–water partition coefficient (Wildman–Crippen LogP) is 4.81. The lowest BCUT2D eigenvalue weighted by molar-refractivity contribution is -0.130. The van der Waals surface area contributed by atoms with Gasteiger partial charge in [0.15, 0.2) is 0 Å². The van der Waals surface area contributed by atoms with E-state index in [1.807, 2.05) is 29.3 Å². The Morgan fingerprint density at radius 2 is 1.86 bits per heavy atom. The first-order valence-electron chi connectivity index (χ1n) is 11.8. The van der Waals surface area contributed by atoms with Gasteiger partial charge in [0.05, 0.1) is 6.04 Å². The number of amides is 1. The molecule has 1 amide bonds. The third kappa shape index (κ3) is 7.27. The number of carbonyl (C=O) groups is 1. The highest BCUT2D eigenvalue weighted by molar-refractivity contribution is 6.34. The van der Waals surface area contributed by atoms with Crippen LogP contribution in [0.1, 0.15) is 29.9 Å². The molecule has 4 rings (SSSR count). The summed E-state index contributed by atoms with van der Waals surface area (Å²) < 4.78 is 14.0. The van der Waals surface area contributed by atoms with Crippen LogP contribution in [0.25, 0.3) is 0 Å². The minimum atomic E-state index is -0.251. The molecule has 1 N–H and O–H groups in total. The first kappa shape index (κ1) is 25.6. The number of hydrogen-bond acceptors (Lipinski definition) is 4. The van der Waals surface area contributed by atoms with E-state index in [4.69, 9.17) is 23.2 Å². The minimum absolute atomic E-state index is 0.0960. The fraction of sp³-hybridized carbons (Fsp3) is 0.385. The summed E-state index contributed by atoms with van der Waals surface area (Å²) in [6.45, 7) is 6.90. The zero-order chi connectivity index (χ0) is 24.8. The molecule has 2 aromatic carbocycles. The van der Waals surface area contributed by atoms with Gasteiger partial charge >= 0.3 is 0 Å². The van der Waals surface area contributed by atoms with E-state index >= 15 is 0 Å². The number of aromatic amines is 1. The normalized spacial score (nSPS) is 15.5. The number of rotatable bonds is 9. The number of halogens is 3. The van der Waals surface area contributed by atoms with E-state index in [9.17, 15) is 9.18 Å². The number of nitrogens with one attached hydrogen (secondary N) is 1. The Labute approximate surface area is 215 Å². The number of imidazole rings is 1. The molecular weight excluding hydrogens is 488 g/mol. The molecule has 0 spiro atoms. The summed E-state index contributed by atoms with van der Waals surface area (Å²) in [5.74, 6) is 0.702. The van der Waals surface area contributed by atoms with Crippen molar-refractivity contribution in [1.29, 1.82) is 0 Å². The summed E-state index contributed by atoms with van der Waals surface area (Å²) in [5, 5.41) is 1.18. The molecule has 0 saturated carbocycles. The van der Waals surface area contributed by atoms with Crippen molar-refractivity contribution >= 4 is 29.1 Å². The molecule has 1 unspecified atom stereocenters. The Morgan fingerprint density at radius 3 is 2.49 bits per heavy atom. The maximum Gasteiger partial charge on any atom is 0.219 e. The van der Waals surface area contributed by atoms with Crippen LogP contribution in [0.3, 0.4) is 0 Å². The Hall–Kier alpha value is -2.45. The summed E-state index contributed by atoms with van der Waals surface area (Å²) in [4.78, 5) is 26.1. The van der Waals surface area contributed by atoms with Gasteiger partial charge < -0.3 is 9.88 Å². The van der Waals surface area contributed by atoms with E-state index < -0.39 is 0 Å². The van der Waals surface area contributed by atoms with E-state index in [1.54, 1.807) is 31.3 Å². The van der Waals surface area contributed by atoms with Crippen LogP contribution in [0.4, 0.5) is 4.39 Å². The van der Waals surface area contributed by atoms with Gasteiger partial charge in [-0.3, -0.25) is 14.6 Å². The number of H-pyrrole nitrogens is 1. The van der Waals surface area contributed by atoms with Gasteiger partial charge in [-0.25, -0.2) is 9.37 Å². The highest BCUT2D eigenvalue weighted by Gasteiger charge is 2.26. The quantitative estimate of drug-likeness (QED) is 0.442. The fourth-order valence-corrected chi connectivity index (χ4v) is 5.15. The number of benzene rings is 2. The Kier molecular flexibility index (Phi) is 8.78. The summed E-state index contributed by atoms with van der Waals surface area (Å²) in [5.41, 5.74) is 1.90. The third-order valence-electron chi connectivity index (χ3n) is 6.42. The number of aromatic nitrogens is 2. The Morgan fingerprint density at radius 1 is 1.11 bits per heavy atom. The van der Waals surface area contributed by atoms with Gasteiger partial charge in [-0.15, -0.1) is 0 Å². The van der Waals surface area contributed by atoms with Crippen LogP contribution in [-0.4, -0.2) is 69.8 Å². The summed E-state index contributed by atoms with van der Waals surface area (Å²) in [6.07, 6.45) is 4.20. The number of nitrogens with zero attached hydrogens (tertiary/aromatic N) is 4. The molecule has 0 bridgehead atoms. The van der Waals surface area contributed by atoms with Gasteiger partial charge in [0.25, 0.3) is 0 Å². The Bertz CT molecular complexity index is 1100. The molecule has 1 aromatic heterocycles. The highest BCUT2D eigenvalue weighted by Crippen LogP contribution is 2.28. The second kappa shape index (κ2) is 12.0. The van der Waals surface area contributed by atoms with Crippen LogP contribution >= 0.6 is 23.2 Å². The maximum absolute atomic E-state index is 14.0. The molecule has 1 saturated heterocycles. The molecule has 9 heteroatoms. The SMILES string of the molecule is CC(=O)N1CCN(CCN(Cc2cccc(F)c2)C(Cc2cc(Cl)cc(Cl)c2)c2ncc[nH]2)CC1. The van der Waals surface area contributed by atoms with Gasteiger partial charge in [-0.1, -0.05) is 35.3 Å². The maximum atomic E-state index is 14.0. The van der Waals surface area contributed by atoms with Gasteiger partial charge in [0.2, 0.25) is 5.91 Å². The highest BCUT2D eigenvalue weighted by atomic mass is 35.5. The standard InChI is InChI=1S/C26H30Cl2FN5O/c1-19(35)33-10-7-32(8-11-33)9-12-34(18-20-3-2-4-24(29)15-20)25(26-30-5-6-31-26)16-21-13-22(27)17-23(28)14-21/h2-6,13-15,17,25H,7-12,16,18H2,1H3,(H,30,31). The van der Waals surface area contributed by atoms with Crippen LogP contribution in [0, 0.1) is 5.82 Å². The Balaban J connectivity index is 1.56. The van der Waals surface area contributed by atoms with Crippen molar-refractivity contribution in [1.82, 2.24) is 24.7 Å². The number of hydrogen-bond donors (Lipinski definition) is 1. The topological polar surface area (TPSA) is 55.5 Å². The van der Waals surface area contributed by atoms with E-state index in [0.29, 0.717) is 23.0 Å². The first-order valence-corrected chi connectivity index (χ1v) is 12.5. The zero-order valence-electron chi connectivity index (χ0n) is 19.8. The molecule has 0 radical (unpaired) electrons. The van der Waals surface area contributed by atoms with Crippen molar-refractivity contribution in [3.63, 3.8) is 0 Å². The van der Waals surface area contributed by atoms with Crippen LogP contribution < -0.4 is 0 Å². The average molecular weight is 518 g/mol. The van der Waals surface area contributed by atoms with Crippen molar-refractivity contribution in [2.24, 2.45) is 0 Å². The van der Waals surface area contributed by atoms with Gasteiger partial charge in [-0.05, 0) is 47.9 Å². The summed E-state index contributed by atoms with van der Waals surface area (Å²) in [7, 11) is 0. The monoisotopic (exact) mass is 517 g/mol. The average Bonchev–Trinajstić information content (AvgIpc) is 3.35. The van der Waals surface area contributed by atoms with Crippen LogP contribution in [-0.2, 0) is 17.8 Å². The lowest BCUT2D eigenvalue weighted by Gasteiger charge is -2.37. The van der Waals surface area contributed by atoms with E-state index in [1.165, 1.54) is 6.07 Å².